The molecule has 2 aliphatic rings. The topological polar surface area (TPSA) is 18.5 Å². The van der Waals surface area contributed by atoms with Crippen LogP contribution in [0.1, 0.15) is 84.0 Å². The molecule has 0 bridgehead atoms. The number of ether oxygens (including phenoxy) is 2. The third-order valence-corrected chi connectivity index (χ3v) is 9.68. The van der Waals surface area contributed by atoms with E-state index >= 15 is 0 Å². The Morgan fingerprint density at radius 1 is 0.458 bits per heavy atom. The SMILES string of the molecule is CCCCCC1CCC(C2CCC(C(COC(C(F)(F)F)(C(F)(F)F)C(F)(F)F)COC(C(F)(F)F)(C(F)(F)F)C(F)(F)F)CC2)CC1. The third kappa shape index (κ3) is 8.93. The molecule has 48 heavy (non-hydrogen) atoms. The number of alkyl halides is 18. The lowest BCUT2D eigenvalue weighted by Gasteiger charge is -2.43. The smallest absolute Gasteiger partial charge is 0.351 e. The van der Waals surface area contributed by atoms with E-state index in [0.29, 0.717) is 5.92 Å². The minimum absolute atomic E-state index is 0.0677. The Hall–Kier alpha value is -1.34. The van der Waals surface area contributed by atoms with Gasteiger partial charge in [-0.15, -0.1) is 0 Å². The maximum atomic E-state index is 13.4. The third-order valence-electron chi connectivity index (χ3n) is 9.68. The predicted molar refractivity (Wildman–Crippen MR) is 132 cm³/mol. The molecule has 0 N–H and O–H groups in total. The first-order valence-corrected chi connectivity index (χ1v) is 15.3. The van der Waals surface area contributed by atoms with Crippen molar-refractivity contribution in [2.45, 2.75) is 132 Å². The van der Waals surface area contributed by atoms with Gasteiger partial charge in [0, 0.05) is 5.92 Å². The van der Waals surface area contributed by atoms with Gasteiger partial charge < -0.3 is 9.47 Å². The van der Waals surface area contributed by atoms with Crippen LogP contribution in [0.25, 0.3) is 0 Å². The summed E-state index contributed by atoms with van der Waals surface area (Å²) in [6.45, 7) is -2.94. The van der Waals surface area contributed by atoms with Crippen molar-refractivity contribution in [2.24, 2.45) is 29.6 Å². The Balaban J connectivity index is 2.39. The van der Waals surface area contributed by atoms with Crippen LogP contribution in [0.5, 0.6) is 0 Å². The number of unbranched alkanes of at least 4 members (excludes halogenated alkanes) is 2. The Morgan fingerprint density at radius 2 is 0.771 bits per heavy atom. The van der Waals surface area contributed by atoms with Crippen molar-refractivity contribution in [1.29, 1.82) is 0 Å². The molecule has 0 spiro atoms. The number of hydrogen-bond acceptors (Lipinski definition) is 2. The van der Waals surface area contributed by atoms with Crippen molar-refractivity contribution in [2.75, 3.05) is 13.2 Å². The summed E-state index contributed by atoms with van der Waals surface area (Å²) < 4.78 is 249. The first kappa shape index (κ1) is 42.8. The molecule has 0 heterocycles. The number of halogens is 18. The molecule has 0 aliphatic heterocycles. The molecular weight excluding hydrogens is 710 g/mol. The van der Waals surface area contributed by atoms with Gasteiger partial charge in [-0.25, -0.2) is 0 Å². The van der Waals surface area contributed by atoms with Gasteiger partial charge in [0.15, 0.2) is 0 Å². The minimum atomic E-state index is -7.31. The lowest BCUT2D eigenvalue weighted by Crippen LogP contribution is -2.69. The zero-order valence-electron chi connectivity index (χ0n) is 25.4. The van der Waals surface area contributed by atoms with Crippen LogP contribution in [0.4, 0.5) is 79.0 Å². The van der Waals surface area contributed by atoms with Gasteiger partial charge in [-0.3, -0.25) is 0 Å². The first-order valence-electron chi connectivity index (χ1n) is 15.3. The van der Waals surface area contributed by atoms with Crippen molar-refractivity contribution < 1.29 is 88.5 Å². The molecule has 0 radical (unpaired) electrons. The zero-order chi connectivity index (χ0) is 37.2. The molecule has 286 valence electrons. The van der Waals surface area contributed by atoms with Crippen molar-refractivity contribution in [3.8, 4) is 0 Å². The normalized spacial score (nSPS) is 24.8. The van der Waals surface area contributed by atoms with Crippen LogP contribution in [0.15, 0.2) is 0 Å². The van der Waals surface area contributed by atoms with Crippen molar-refractivity contribution in [1.82, 2.24) is 0 Å². The summed E-state index contributed by atoms with van der Waals surface area (Å²) in [5.41, 5.74) is -13.9. The van der Waals surface area contributed by atoms with Crippen LogP contribution < -0.4 is 0 Å². The highest BCUT2D eigenvalue weighted by atomic mass is 19.4. The van der Waals surface area contributed by atoms with Gasteiger partial charge in [-0.05, 0) is 62.2 Å². The molecule has 20 heteroatoms. The van der Waals surface area contributed by atoms with E-state index in [1.165, 1.54) is 0 Å². The maximum absolute atomic E-state index is 13.4. The summed E-state index contributed by atoms with van der Waals surface area (Å²) in [6.07, 6.45) is -37.2. The molecule has 2 fully saturated rings. The predicted octanol–water partition coefficient (Wildman–Crippen LogP) is 11.7. The maximum Gasteiger partial charge on any atom is 0.435 e. The molecule has 0 atom stereocenters. The van der Waals surface area contributed by atoms with Gasteiger partial charge in [-0.2, -0.15) is 79.0 Å². The highest BCUT2D eigenvalue weighted by molar-refractivity contribution is 5.04. The Labute approximate surface area is 264 Å². The Kier molecular flexibility index (Phi) is 13.5. The second-order valence-electron chi connectivity index (χ2n) is 12.7. The van der Waals surface area contributed by atoms with E-state index in [0.717, 1.165) is 51.4 Å². The zero-order valence-corrected chi connectivity index (χ0v) is 25.4. The molecule has 2 rings (SSSR count). The molecule has 0 aromatic carbocycles. The molecule has 0 saturated heterocycles. The highest BCUT2D eigenvalue weighted by Gasteiger charge is 2.87. The lowest BCUT2D eigenvalue weighted by atomic mass is 9.67. The summed E-state index contributed by atoms with van der Waals surface area (Å²) in [5, 5.41) is 0. The van der Waals surface area contributed by atoms with Crippen LogP contribution in [-0.2, 0) is 9.47 Å². The monoisotopic (exact) mass is 746 g/mol. The average molecular weight is 747 g/mol. The van der Waals surface area contributed by atoms with E-state index in [2.05, 4.69) is 9.47 Å². The summed E-state index contributed by atoms with van der Waals surface area (Å²) >= 11 is 0. The molecule has 2 nitrogen and oxygen atoms in total. The Morgan fingerprint density at radius 3 is 1.06 bits per heavy atom. The average Bonchev–Trinajstić information content (AvgIpc) is 2.88. The second kappa shape index (κ2) is 15.1. The van der Waals surface area contributed by atoms with Crippen molar-refractivity contribution in [3.63, 3.8) is 0 Å². The molecule has 0 unspecified atom stereocenters. The lowest BCUT2D eigenvalue weighted by molar-refractivity contribution is -0.464. The quantitative estimate of drug-likeness (QED) is 0.146. The fourth-order valence-corrected chi connectivity index (χ4v) is 6.96. The summed E-state index contributed by atoms with van der Waals surface area (Å²) in [6, 6.07) is 0. The standard InChI is InChI=1S/C28H36F18O2/c1-2-3-4-5-16-6-8-17(9-7-16)18-10-12-19(13-11-18)20(14-47-21(23(29,30)31,24(32,33)34)25(35,36)37)15-48-22(26(38,39)40,27(41,42)43)28(44,45)46/h16-20H,2-15H2,1H3. The van der Waals surface area contributed by atoms with E-state index in [1.54, 1.807) is 0 Å². The van der Waals surface area contributed by atoms with Crippen LogP contribution >= 0.6 is 0 Å². The van der Waals surface area contributed by atoms with Crippen molar-refractivity contribution in [3.05, 3.63) is 0 Å². The largest absolute Gasteiger partial charge is 0.435 e. The number of hydrogen-bond donors (Lipinski definition) is 0. The molecular formula is C28H36F18O2. The van der Waals surface area contributed by atoms with Crippen LogP contribution in [0.3, 0.4) is 0 Å². The molecule has 0 aromatic heterocycles. The Bertz CT molecular complexity index is 849. The van der Waals surface area contributed by atoms with Gasteiger partial charge in [-0.1, -0.05) is 45.4 Å². The first-order chi connectivity index (χ1) is 21.6. The van der Waals surface area contributed by atoms with E-state index in [4.69, 9.17) is 0 Å². The molecule has 0 aromatic rings. The van der Waals surface area contributed by atoms with Gasteiger partial charge in [0.1, 0.15) is 0 Å². The van der Waals surface area contributed by atoms with Gasteiger partial charge in [0.2, 0.25) is 0 Å². The molecule has 2 aliphatic carbocycles. The van der Waals surface area contributed by atoms with Crippen molar-refractivity contribution >= 4 is 0 Å². The van der Waals surface area contributed by atoms with E-state index in [-0.39, 0.29) is 37.5 Å². The van der Waals surface area contributed by atoms with Gasteiger partial charge >= 0.3 is 48.3 Å². The summed E-state index contributed by atoms with van der Waals surface area (Å²) in [5.74, 6) is -3.79. The molecule has 0 amide bonds. The van der Waals surface area contributed by atoms with E-state index in [9.17, 15) is 79.0 Å². The van der Waals surface area contributed by atoms with E-state index < -0.39 is 73.3 Å². The summed E-state index contributed by atoms with van der Waals surface area (Å²) in [4.78, 5) is 0. The molecule has 2 saturated carbocycles. The van der Waals surface area contributed by atoms with Crippen LogP contribution in [-0.4, -0.2) is 61.5 Å². The number of rotatable bonds is 12. The van der Waals surface area contributed by atoms with Crippen LogP contribution in [0, 0.1) is 29.6 Å². The van der Waals surface area contributed by atoms with Gasteiger partial charge in [0.25, 0.3) is 0 Å². The van der Waals surface area contributed by atoms with Crippen LogP contribution in [0.2, 0.25) is 0 Å². The second-order valence-corrected chi connectivity index (χ2v) is 12.7. The van der Waals surface area contributed by atoms with Gasteiger partial charge in [0.05, 0.1) is 13.2 Å². The highest BCUT2D eigenvalue weighted by Crippen LogP contribution is 2.57. The minimum Gasteiger partial charge on any atom is -0.351 e. The van der Waals surface area contributed by atoms with E-state index in [1.807, 2.05) is 6.92 Å². The summed E-state index contributed by atoms with van der Waals surface area (Å²) in [7, 11) is 0. The fraction of sp³-hybridized carbons (Fsp3) is 1.00. The fourth-order valence-electron chi connectivity index (χ4n) is 6.96.